The van der Waals surface area contributed by atoms with Crippen molar-refractivity contribution in [1.82, 2.24) is 4.90 Å². The van der Waals surface area contributed by atoms with Crippen LogP contribution in [0.3, 0.4) is 0 Å². The van der Waals surface area contributed by atoms with Crippen molar-refractivity contribution in [2.45, 2.75) is 64.1 Å². The van der Waals surface area contributed by atoms with Gasteiger partial charge >= 0.3 is 0 Å². The normalized spacial score (nSPS) is 19.8. The van der Waals surface area contributed by atoms with Gasteiger partial charge in [-0.3, -0.25) is 4.90 Å². The highest BCUT2D eigenvalue weighted by atomic mass is 15.2. The molecule has 19 heavy (non-hydrogen) atoms. The van der Waals surface area contributed by atoms with E-state index in [0.717, 1.165) is 12.5 Å². The number of hydrogen-bond donors (Lipinski definition) is 1. The summed E-state index contributed by atoms with van der Waals surface area (Å²) in [6.07, 6.45) is 6.52. The molecule has 0 radical (unpaired) electrons. The summed E-state index contributed by atoms with van der Waals surface area (Å²) in [5.74, 6) is 0. The largest absolute Gasteiger partial charge is 0.323 e. The summed E-state index contributed by atoms with van der Waals surface area (Å²) in [6.45, 7) is 4.45. The molecule has 0 amide bonds. The molecule has 2 atom stereocenters. The van der Waals surface area contributed by atoms with Gasteiger partial charge in [-0.05, 0) is 44.4 Å². The lowest BCUT2D eigenvalue weighted by Gasteiger charge is -2.34. The number of benzene rings is 1. The lowest BCUT2D eigenvalue weighted by atomic mass is 9.97. The Labute approximate surface area is 118 Å². The van der Waals surface area contributed by atoms with Gasteiger partial charge in [0.25, 0.3) is 0 Å². The van der Waals surface area contributed by atoms with Crippen molar-refractivity contribution in [1.29, 1.82) is 0 Å². The number of likely N-dealkylation sites (N-methyl/N-ethyl adjacent to an activating group) is 1. The van der Waals surface area contributed by atoms with Gasteiger partial charge in [0, 0.05) is 18.1 Å². The second kappa shape index (κ2) is 6.53. The molecule has 1 aromatic carbocycles. The quantitative estimate of drug-likeness (QED) is 0.878. The van der Waals surface area contributed by atoms with E-state index in [-0.39, 0.29) is 6.04 Å². The maximum Gasteiger partial charge on any atom is 0.0450 e. The first-order chi connectivity index (χ1) is 9.13. The van der Waals surface area contributed by atoms with Gasteiger partial charge in [-0.15, -0.1) is 0 Å². The molecule has 0 saturated heterocycles. The van der Waals surface area contributed by atoms with Crippen LogP contribution >= 0.6 is 0 Å². The third kappa shape index (κ3) is 3.37. The van der Waals surface area contributed by atoms with Crippen molar-refractivity contribution in [3.63, 3.8) is 0 Å². The predicted octanol–water partition coefficient (Wildman–Crippen LogP) is 3.51. The molecule has 2 N–H and O–H groups in total. The van der Waals surface area contributed by atoms with Crippen LogP contribution in [0.15, 0.2) is 24.3 Å². The second-order valence-electron chi connectivity index (χ2n) is 5.97. The number of rotatable bonds is 5. The molecule has 2 heteroatoms. The van der Waals surface area contributed by atoms with E-state index < -0.39 is 0 Å². The van der Waals surface area contributed by atoms with Crippen LogP contribution in [0.5, 0.6) is 0 Å². The average molecular weight is 260 g/mol. The molecule has 0 aliphatic heterocycles. The van der Waals surface area contributed by atoms with Crippen molar-refractivity contribution in [2.75, 3.05) is 7.05 Å². The fourth-order valence-electron chi connectivity index (χ4n) is 3.15. The van der Waals surface area contributed by atoms with Gasteiger partial charge in [0.1, 0.15) is 0 Å². The fraction of sp³-hybridized carbons (Fsp3) is 0.647. The van der Waals surface area contributed by atoms with Gasteiger partial charge in [0.2, 0.25) is 0 Å². The van der Waals surface area contributed by atoms with Crippen LogP contribution in [-0.2, 0) is 6.42 Å². The maximum absolute atomic E-state index is 6.46. The van der Waals surface area contributed by atoms with Crippen LogP contribution < -0.4 is 5.73 Å². The first-order valence-corrected chi connectivity index (χ1v) is 7.69. The summed E-state index contributed by atoms with van der Waals surface area (Å²) in [5, 5.41) is 0. The van der Waals surface area contributed by atoms with Crippen molar-refractivity contribution >= 4 is 0 Å². The molecule has 0 spiro atoms. The summed E-state index contributed by atoms with van der Waals surface area (Å²) in [4.78, 5) is 2.49. The summed E-state index contributed by atoms with van der Waals surface area (Å²) in [7, 11) is 2.24. The van der Waals surface area contributed by atoms with Crippen LogP contribution in [0.2, 0.25) is 0 Å². The monoisotopic (exact) mass is 260 g/mol. The Bertz CT molecular complexity index is 379. The van der Waals surface area contributed by atoms with E-state index >= 15 is 0 Å². The zero-order chi connectivity index (χ0) is 13.8. The number of hydrogen-bond acceptors (Lipinski definition) is 2. The van der Waals surface area contributed by atoms with E-state index in [2.05, 4.69) is 50.1 Å². The van der Waals surface area contributed by atoms with Gasteiger partial charge in [-0.2, -0.15) is 0 Å². The Hall–Kier alpha value is -0.860. The number of nitrogens with zero attached hydrogens (tertiary/aromatic N) is 1. The molecule has 1 fully saturated rings. The predicted molar refractivity (Wildman–Crippen MR) is 82.2 cm³/mol. The molecule has 2 rings (SSSR count). The average Bonchev–Trinajstić information content (AvgIpc) is 2.99. The Morgan fingerprint density at radius 3 is 2.32 bits per heavy atom. The molecular weight excluding hydrogens is 232 g/mol. The minimum Gasteiger partial charge on any atom is -0.323 e. The van der Waals surface area contributed by atoms with E-state index in [4.69, 9.17) is 5.73 Å². The summed E-state index contributed by atoms with van der Waals surface area (Å²) >= 11 is 0. The van der Waals surface area contributed by atoms with E-state index in [1.807, 2.05) is 0 Å². The standard InChI is InChI=1S/C17H28N2/c1-4-14-9-11-15(12-10-14)17(18)13(2)19(3)16-7-5-6-8-16/h9-13,16-17H,4-8,18H2,1-3H3. The summed E-state index contributed by atoms with van der Waals surface area (Å²) < 4.78 is 0. The minimum absolute atomic E-state index is 0.108. The summed E-state index contributed by atoms with van der Waals surface area (Å²) in [6, 6.07) is 10.0. The Kier molecular flexibility index (Phi) is 5.00. The lowest BCUT2D eigenvalue weighted by molar-refractivity contribution is 0.164. The van der Waals surface area contributed by atoms with E-state index in [9.17, 15) is 0 Å². The molecular formula is C17H28N2. The van der Waals surface area contributed by atoms with Crippen LogP contribution in [-0.4, -0.2) is 24.0 Å². The number of aryl methyl sites for hydroxylation is 1. The number of nitrogens with two attached hydrogens (primary N) is 1. The molecule has 0 heterocycles. The lowest BCUT2D eigenvalue weighted by Crippen LogP contribution is -2.43. The van der Waals surface area contributed by atoms with Crippen LogP contribution in [0.4, 0.5) is 0 Å². The highest BCUT2D eigenvalue weighted by Gasteiger charge is 2.27. The molecule has 2 unspecified atom stereocenters. The Morgan fingerprint density at radius 1 is 1.21 bits per heavy atom. The molecule has 1 aliphatic rings. The molecule has 1 aliphatic carbocycles. The smallest absolute Gasteiger partial charge is 0.0450 e. The SMILES string of the molecule is CCc1ccc(C(N)C(C)N(C)C2CCCC2)cc1. The van der Waals surface area contributed by atoms with Gasteiger partial charge in [-0.25, -0.2) is 0 Å². The van der Waals surface area contributed by atoms with Gasteiger partial charge in [0.15, 0.2) is 0 Å². The first kappa shape index (κ1) is 14.5. The molecule has 1 aromatic rings. The van der Waals surface area contributed by atoms with E-state index in [0.29, 0.717) is 6.04 Å². The minimum atomic E-state index is 0.108. The van der Waals surface area contributed by atoms with Crippen LogP contribution in [0, 0.1) is 0 Å². The molecule has 106 valence electrons. The van der Waals surface area contributed by atoms with Crippen LogP contribution in [0.25, 0.3) is 0 Å². The molecule has 0 bridgehead atoms. The molecule has 2 nitrogen and oxygen atoms in total. The van der Waals surface area contributed by atoms with Crippen molar-refractivity contribution in [3.8, 4) is 0 Å². The summed E-state index contributed by atoms with van der Waals surface area (Å²) in [5.41, 5.74) is 9.10. The highest BCUT2D eigenvalue weighted by molar-refractivity contribution is 5.25. The Balaban J connectivity index is 2.02. The van der Waals surface area contributed by atoms with Crippen molar-refractivity contribution in [3.05, 3.63) is 35.4 Å². The van der Waals surface area contributed by atoms with Gasteiger partial charge in [0.05, 0.1) is 0 Å². The van der Waals surface area contributed by atoms with Gasteiger partial charge in [-0.1, -0.05) is 44.0 Å². The fourth-order valence-corrected chi connectivity index (χ4v) is 3.15. The van der Waals surface area contributed by atoms with Crippen molar-refractivity contribution < 1.29 is 0 Å². The van der Waals surface area contributed by atoms with Crippen LogP contribution in [0.1, 0.15) is 56.7 Å². The maximum atomic E-state index is 6.46. The van der Waals surface area contributed by atoms with Gasteiger partial charge < -0.3 is 5.73 Å². The third-order valence-corrected chi connectivity index (χ3v) is 4.84. The Morgan fingerprint density at radius 2 is 1.79 bits per heavy atom. The van der Waals surface area contributed by atoms with E-state index in [1.165, 1.54) is 36.8 Å². The molecule has 1 saturated carbocycles. The topological polar surface area (TPSA) is 29.3 Å². The highest BCUT2D eigenvalue weighted by Crippen LogP contribution is 2.27. The van der Waals surface area contributed by atoms with E-state index in [1.54, 1.807) is 0 Å². The van der Waals surface area contributed by atoms with Crippen molar-refractivity contribution in [2.24, 2.45) is 5.73 Å². The first-order valence-electron chi connectivity index (χ1n) is 7.69. The second-order valence-corrected chi connectivity index (χ2v) is 5.97. The zero-order valence-corrected chi connectivity index (χ0v) is 12.6. The zero-order valence-electron chi connectivity index (χ0n) is 12.6. The third-order valence-electron chi connectivity index (χ3n) is 4.84. The molecule has 0 aromatic heterocycles.